The summed E-state index contributed by atoms with van der Waals surface area (Å²) in [6.07, 6.45) is 2.27. The number of hydrogen-bond acceptors (Lipinski definition) is 5. The summed E-state index contributed by atoms with van der Waals surface area (Å²) in [5.74, 6) is -0.253. The molecule has 0 unspecified atom stereocenters. The van der Waals surface area contributed by atoms with E-state index in [1.165, 1.54) is 0 Å². The van der Waals surface area contributed by atoms with Gasteiger partial charge in [-0.25, -0.2) is 0 Å². The molecule has 0 saturated carbocycles. The summed E-state index contributed by atoms with van der Waals surface area (Å²) in [4.78, 5) is 40.1. The molecule has 39 heavy (non-hydrogen) atoms. The number of ether oxygens (including phenoxy) is 1. The summed E-state index contributed by atoms with van der Waals surface area (Å²) in [5.41, 5.74) is 5.20. The minimum absolute atomic E-state index is 0.0473. The van der Waals surface area contributed by atoms with E-state index in [2.05, 4.69) is 54.3 Å². The van der Waals surface area contributed by atoms with Gasteiger partial charge in [0.25, 0.3) is 5.91 Å². The van der Waals surface area contributed by atoms with E-state index < -0.39 is 5.92 Å². The lowest BCUT2D eigenvalue weighted by atomic mass is 9.64. The van der Waals surface area contributed by atoms with Crippen molar-refractivity contribution in [1.29, 1.82) is 0 Å². The van der Waals surface area contributed by atoms with Crippen molar-refractivity contribution in [2.45, 2.75) is 66.2 Å². The van der Waals surface area contributed by atoms with Crippen molar-refractivity contribution >= 4 is 39.1 Å². The van der Waals surface area contributed by atoms with Gasteiger partial charge in [-0.1, -0.05) is 55.8 Å². The highest BCUT2D eigenvalue weighted by Crippen LogP contribution is 2.52. The maximum Gasteiger partial charge on any atom is 0.262 e. The summed E-state index contributed by atoms with van der Waals surface area (Å²) < 4.78 is 6.91. The Kier molecular flexibility index (Phi) is 7.08. The van der Waals surface area contributed by atoms with Gasteiger partial charge in [0.1, 0.15) is 5.75 Å². The molecule has 1 aliphatic heterocycles. The molecule has 0 bridgehead atoms. The molecule has 1 heterocycles. The third-order valence-corrected chi connectivity index (χ3v) is 8.16. The Bertz CT molecular complexity index is 1400. The van der Waals surface area contributed by atoms with E-state index in [9.17, 15) is 14.4 Å². The lowest BCUT2D eigenvalue weighted by molar-refractivity contribution is -0.120. The van der Waals surface area contributed by atoms with Gasteiger partial charge in [0.05, 0.1) is 0 Å². The third kappa shape index (κ3) is 5.74. The molecule has 2 aromatic rings. The van der Waals surface area contributed by atoms with E-state index in [1.54, 1.807) is 6.07 Å². The normalized spacial score (nSPS) is 20.3. The second-order valence-electron chi connectivity index (χ2n) is 12.6. The second-order valence-corrected chi connectivity index (χ2v) is 13.5. The van der Waals surface area contributed by atoms with Gasteiger partial charge in [-0.05, 0) is 66.5 Å². The Balaban J connectivity index is 1.54. The Labute approximate surface area is 238 Å². The van der Waals surface area contributed by atoms with Gasteiger partial charge in [-0.3, -0.25) is 14.4 Å². The van der Waals surface area contributed by atoms with Crippen LogP contribution < -0.4 is 15.4 Å². The fourth-order valence-corrected chi connectivity index (χ4v) is 6.52. The summed E-state index contributed by atoms with van der Waals surface area (Å²) in [6, 6.07) is 13.1. The lowest BCUT2D eigenvalue weighted by Gasteiger charge is -2.44. The second kappa shape index (κ2) is 10.1. The molecule has 5 rings (SSSR count). The largest absolute Gasteiger partial charge is 0.483 e. The number of Topliss-reactive ketones (excluding diaryl/α,β-unsaturated/α-hetero) is 2. The van der Waals surface area contributed by atoms with E-state index in [1.807, 2.05) is 43.3 Å². The Morgan fingerprint density at radius 1 is 0.949 bits per heavy atom. The molecule has 0 atom stereocenters. The van der Waals surface area contributed by atoms with Gasteiger partial charge >= 0.3 is 0 Å². The number of rotatable bonds is 5. The highest BCUT2D eigenvalue weighted by Gasteiger charge is 2.47. The summed E-state index contributed by atoms with van der Waals surface area (Å²) in [5, 5.41) is 6.42. The number of aryl methyl sites for hydroxylation is 1. The minimum atomic E-state index is -0.546. The number of anilines is 1. The number of amides is 1. The fourth-order valence-electron chi connectivity index (χ4n) is 6.14. The molecule has 2 N–H and O–H groups in total. The van der Waals surface area contributed by atoms with Crippen LogP contribution in [0.4, 0.5) is 5.69 Å². The molecule has 0 fully saturated rings. The van der Waals surface area contributed by atoms with Crippen molar-refractivity contribution in [1.82, 2.24) is 5.32 Å². The van der Waals surface area contributed by atoms with Crippen LogP contribution in [0.5, 0.6) is 5.75 Å². The molecular weight excluding hydrogens is 556 g/mol. The SMILES string of the molecule is Cc1cccc(NC(=O)COc2ccc(Br)cc2C2C3=C(CC(C)(C)CC3=O)NC3=C2C(=O)CC(C)(C)C3)c1. The number of dihydropyridines is 1. The maximum absolute atomic E-state index is 13.7. The standard InChI is InChI=1S/C32H35BrN2O4/c1-18-7-6-8-20(11-18)34-27(38)17-39-26-10-9-19(33)12-21(26)28-29-22(13-31(2,3)15-24(29)36)35-23-14-32(4,5)16-25(37)30(23)28/h6-12,28,35H,13-17H2,1-5H3,(H,34,38). The fraction of sp³-hybridized carbons (Fsp3) is 0.406. The van der Waals surface area contributed by atoms with Gasteiger partial charge in [-0.2, -0.15) is 0 Å². The topological polar surface area (TPSA) is 84.5 Å². The Hall–Kier alpha value is -3.19. The molecule has 2 aromatic carbocycles. The van der Waals surface area contributed by atoms with E-state index in [-0.39, 0.29) is 34.9 Å². The van der Waals surface area contributed by atoms with Gasteiger partial charge in [0.2, 0.25) is 0 Å². The van der Waals surface area contributed by atoms with Crippen LogP contribution in [0.1, 0.15) is 70.4 Å². The first-order valence-electron chi connectivity index (χ1n) is 13.4. The highest BCUT2D eigenvalue weighted by atomic mass is 79.9. The molecule has 7 heteroatoms. The molecule has 204 valence electrons. The van der Waals surface area contributed by atoms with E-state index in [0.717, 1.165) is 39.8 Å². The van der Waals surface area contributed by atoms with Crippen LogP contribution in [0.15, 0.2) is 69.5 Å². The summed E-state index contributed by atoms with van der Waals surface area (Å²) in [7, 11) is 0. The van der Waals surface area contributed by atoms with Crippen molar-refractivity contribution in [3.63, 3.8) is 0 Å². The Morgan fingerprint density at radius 3 is 2.15 bits per heavy atom. The lowest BCUT2D eigenvalue weighted by Crippen LogP contribution is -2.42. The number of carbonyl (C=O) groups excluding carboxylic acids is 3. The van der Waals surface area contributed by atoms with E-state index in [0.29, 0.717) is 35.4 Å². The molecule has 3 aliphatic rings. The first kappa shape index (κ1) is 27.4. The van der Waals surface area contributed by atoms with Crippen molar-refractivity contribution in [2.75, 3.05) is 11.9 Å². The molecule has 0 saturated heterocycles. The van der Waals surface area contributed by atoms with Crippen LogP contribution in [0.25, 0.3) is 0 Å². The van der Waals surface area contributed by atoms with Crippen molar-refractivity contribution < 1.29 is 19.1 Å². The molecule has 0 spiro atoms. The molecule has 1 amide bonds. The highest BCUT2D eigenvalue weighted by molar-refractivity contribution is 9.10. The molecule has 0 aromatic heterocycles. The van der Waals surface area contributed by atoms with Gasteiger partial charge in [0, 0.05) is 57.0 Å². The van der Waals surface area contributed by atoms with Crippen LogP contribution in [0.2, 0.25) is 0 Å². The van der Waals surface area contributed by atoms with Crippen LogP contribution in [0, 0.1) is 17.8 Å². The third-order valence-electron chi connectivity index (χ3n) is 7.66. The van der Waals surface area contributed by atoms with Gasteiger partial charge in [-0.15, -0.1) is 0 Å². The van der Waals surface area contributed by atoms with Crippen LogP contribution in [-0.2, 0) is 14.4 Å². The predicted octanol–water partition coefficient (Wildman–Crippen LogP) is 6.75. The summed E-state index contributed by atoms with van der Waals surface area (Å²) >= 11 is 3.58. The first-order valence-corrected chi connectivity index (χ1v) is 14.2. The quantitative estimate of drug-likeness (QED) is 0.402. The molecule has 2 aliphatic carbocycles. The maximum atomic E-state index is 13.7. The number of halogens is 1. The molecule has 6 nitrogen and oxygen atoms in total. The van der Waals surface area contributed by atoms with Crippen LogP contribution in [-0.4, -0.2) is 24.1 Å². The zero-order valence-corrected chi connectivity index (χ0v) is 24.8. The summed E-state index contributed by atoms with van der Waals surface area (Å²) in [6.45, 7) is 10.2. The number of allylic oxidation sites excluding steroid dienone is 4. The number of carbonyl (C=O) groups is 3. The first-order chi connectivity index (χ1) is 18.3. The monoisotopic (exact) mass is 590 g/mol. The molecular formula is C32H35BrN2O4. The van der Waals surface area contributed by atoms with Gasteiger partial charge in [0.15, 0.2) is 18.2 Å². The smallest absolute Gasteiger partial charge is 0.262 e. The average Bonchev–Trinajstić information content (AvgIpc) is 2.80. The number of hydrogen-bond donors (Lipinski definition) is 2. The Morgan fingerprint density at radius 2 is 1.56 bits per heavy atom. The number of nitrogens with one attached hydrogen (secondary N) is 2. The predicted molar refractivity (Wildman–Crippen MR) is 155 cm³/mol. The van der Waals surface area contributed by atoms with E-state index in [4.69, 9.17) is 4.74 Å². The van der Waals surface area contributed by atoms with Crippen molar-refractivity contribution in [2.24, 2.45) is 10.8 Å². The number of benzene rings is 2. The van der Waals surface area contributed by atoms with Crippen molar-refractivity contribution in [3.05, 3.63) is 80.6 Å². The van der Waals surface area contributed by atoms with Crippen molar-refractivity contribution in [3.8, 4) is 5.75 Å². The van der Waals surface area contributed by atoms with Gasteiger partial charge < -0.3 is 15.4 Å². The van der Waals surface area contributed by atoms with E-state index >= 15 is 0 Å². The van der Waals surface area contributed by atoms with Crippen LogP contribution in [0.3, 0.4) is 0 Å². The number of ketones is 2. The van der Waals surface area contributed by atoms with Crippen LogP contribution >= 0.6 is 15.9 Å². The zero-order chi connectivity index (χ0) is 28.1. The average molecular weight is 592 g/mol. The molecule has 0 radical (unpaired) electrons. The zero-order valence-electron chi connectivity index (χ0n) is 23.2. The minimum Gasteiger partial charge on any atom is -0.483 e.